The second-order valence-electron chi connectivity index (χ2n) is 3.87. The first kappa shape index (κ1) is 12.4. The highest BCUT2D eigenvalue weighted by molar-refractivity contribution is 7.15. The second-order valence-corrected chi connectivity index (χ2v) is 5.36. The molecule has 1 aromatic carbocycles. The maximum Gasteiger partial charge on any atom is 0.182 e. The van der Waals surface area contributed by atoms with Gasteiger partial charge in [-0.25, -0.2) is 4.98 Å². The van der Waals surface area contributed by atoms with Crippen LogP contribution in [-0.4, -0.2) is 12.0 Å². The van der Waals surface area contributed by atoms with Gasteiger partial charge in [0, 0.05) is 16.9 Å². The number of thiazole rings is 1. The van der Waals surface area contributed by atoms with Crippen LogP contribution in [0.2, 0.25) is 5.02 Å². The Morgan fingerprint density at radius 3 is 2.71 bits per heavy atom. The van der Waals surface area contributed by atoms with Crippen LogP contribution in [0.4, 0.5) is 5.13 Å². The molecule has 0 atom stereocenters. The molecule has 2 rings (SSSR count). The van der Waals surface area contributed by atoms with Crippen molar-refractivity contribution in [2.45, 2.75) is 19.8 Å². The Bertz CT molecular complexity index is 508. The van der Waals surface area contributed by atoms with E-state index in [2.05, 4.69) is 23.3 Å². The van der Waals surface area contributed by atoms with Gasteiger partial charge in [0.25, 0.3) is 0 Å². The number of aromatic nitrogens is 1. The molecule has 0 saturated heterocycles. The molecule has 90 valence electrons. The van der Waals surface area contributed by atoms with E-state index in [4.69, 9.17) is 11.6 Å². The Hall–Kier alpha value is -1.06. The van der Waals surface area contributed by atoms with E-state index in [9.17, 15) is 0 Å². The van der Waals surface area contributed by atoms with Gasteiger partial charge in [-0.1, -0.05) is 29.8 Å². The van der Waals surface area contributed by atoms with Crippen molar-refractivity contribution in [3.8, 4) is 0 Å². The van der Waals surface area contributed by atoms with Gasteiger partial charge in [0.05, 0.1) is 5.69 Å². The normalized spacial score (nSPS) is 10.5. The summed E-state index contributed by atoms with van der Waals surface area (Å²) in [5, 5.41) is 4.91. The van der Waals surface area contributed by atoms with Gasteiger partial charge < -0.3 is 5.32 Å². The van der Waals surface area contributed by atoms with Crippen LogP contribution < -0.4 is 5.32 Å². The lowest BCUT2D eigenvalue weighted by Crippen LogP contribution is -1.91. The van der Waals surface area contributed by atoms with Gasteiger partial charge in [-0.2, -0.15) is 0 Å². The molecule has 0 amide bonds. The first-order chi connectivity index (χ1) is 8.20. The summed E-state index contributed by atoms with van der Waals surface area (Å²) in [5.74, 6) is 0. The van der Waals surface area contributed by atoms with Crippen LogP contribution >= 0.6 is 22.9 Å². The molecule has 17 heavy (non-hydrogen) atoms. The molecule has 2 aromatic rings. The Labute approximate surface area is 111 Å². The highest BCUT2D eigenvalue weighted by atomic mass is 35.5. The minimum atomic E-state index is 0.850. The number of benzene rings is 1. The third-order valence-corrected chi connectivity index (χ3v) is 4.29. The Balaban J connectivity index is 2.07. The predicted molar refractivity (Wildman–Crippen MR) is 75.3 cm³/mol. The van der Waals surface area contributed by atoms with Crippen LogP contribution in [0.15, 0.2) is 24.3 Å². The monoisotopic (exact) mass is 266 g/mol. The number of nitrogens with zero attached hydrogens (tertiary/aromatic N) is 1. The van der Waals surface area contributed by atoms with Gasteiger partial charge in [-0.05, 0) is 31.4 Å². The number of rotatable bonds is 4. The highest BCUT2D eigenvalue weighted by Gasteiger charge is 2.07. The molecule has 0 aliphatic rings. The molecule has 0 radical (unpaired) electrons. The molecular weight excluding hydrogens is 252 g/mol. The fraction of sp³-hybridized carbons (Fsp3) is 0.308. The fourth-order valence-corrected chi connectivity index (χ4v) is 2.86. The molecule has 0 bridgehead atoms. The molecular formula is C13H15ClN2S. The first-order valence-electron chi connectivity index (χ1n) is 5.58. The molecule has 0 aliphatic heterocycles. The summed E-state index contributed by atoms with van der Waals surface area (Å²) in [7, 11) is 1.90. The Kier molecular flexibility index (Phi) is 4.02. The minimum absolute atomic E-state index is 0.850. The van der Waals surface area contributed by atoms with Gasteiger partial charge >= 0.3 is 0 Å². The molecule has 0 unspecified atom stereocenters. The van der Waals surface area contributed by atoms with E-state index in [0.717, 1.165) is 28.7 Å². The average Bonchev–Trinajstić information content (AvgIpc) is 2.69. The molecule has 4 heteroatoms. The quantitative estimate of drug-likeness (QED) is 0.907. The number of anilines is 1. The standard InChI is InChI=1S/C13H15ClN2S/c1-9-12(17-13(15-2)16-9)8-7-10-5-3-4-6-11(10)14/h3-6H,7-8H2,1-2H3,(H,15,16). The van der Waals surface area contributed by atoms with E-state index in [1.807, 2.05) is 25.2 Å². The number of hydrogen-bond acceptors (Lipinski definition) is 3. The fourth-order valence-electron chi connectivity index (χ4n) is 1.72. The van der Waals surface area contributed by atoms with E-state index < -0.39 is 0 Å². The van der Waals surface area contributed by atoms with E-state index in [0.29, 0.717) is 0 Å². The molecule has 2 nitrogen and oxygen atoms in total. The van der Waals surface area contributed by atoms with Gasteiger partial charge in [0.1, 0.15) is 0 Å². The minimum Gasteiger partial charge on any atom is -0.365 e. The van der Waals surface area contributed by atoms with E-state index in [1.54, 1.807) is 11.3 Å². The molecule has 0 aliphatic carbocycles. The molecule has 1 aromatic heterocycles. The van der Waals surface area contributed by atoms with Crippen molar-refractivity contribution in [2.75, 3.05) is 12.4 Å². The Morgan fingerprint density at radius 2 is 2.06 bits per heavy atom. The molecule has 0 spiro atoms. The lowest BCUT2D eigenvalue weighted by Gasteiger charge is -2.02. The summed E-state index contributed by atoms with van der Waals surface area (Å²) in [4.78, 5) is 5.77. The smallest absolute Gasteiger partial charge is 0.182 e. The number of aryl methyl sites for hydroxylation is 3. The average molecular weight is 267 g/mol. The highest BCUT2D eigenvalue weighted by Crippen LogP contribution is 2.25. The van der Waals surface area contributed by atoms with Crippen LogP contribution in [0.5, 0.6) is 0 Å². The first-order valence-corrected chi connectivity index (χ1v) is 6.77. The van der Waals surface area contributed by atoms with Crippen molar-refractivity contribution in [1.29, 1.82) is 0 Å². The van der Waals surface area contributed by atoms with Crippen LogP contribution in [0.25, 0.3) is 0 Å². The largest absolute Gasteiger partial charge is 0.365 e. The topological polar surface area (TPSA) is 24.9 Å². The van der Waals surface area contributed by atoms with Crippen molar-refractivity contribution in [3.63, 3.8) is 0 Å². The van der Waals surface area contributed by atoms with Gasteiger partial charge in [0.2, 0.25) is 0 Å². The van der Waals surface area contributed by atoms with Gasteiger partial charge in [-0.15, -0.1) is 11.3 Å². The van der Waals surface area contributed by atoms with Gasteiger partial charge in [0.15, 0.2) is 5.13 Å². The second kappa shape index (κ2) is 5.52. The summed E-state index contributed by atoms with van der Waals surface area (Å²) in [6.07, 6.45) is 1.96. The number of nitrogens with one attached hydrogen (secondary N) is 1. The van der Waals surface area contributed by atoms with Crippen LogP contribution in [-0.2, 0) is 12.8 Å². The predicted octanol–water partition coefficient (Wildman–Crippen LogP) is 3.93. The molecule has 0 fully saturated rings. The maximum absolute atomic E-state index is 6.14. The third-order valence-electron chi connectivity index (χ3n) is 2.69. The lowest BCUT2D eigenvalue weighted by molar-refractivity contribution is 0.962. The van der Waals surface area contributed by atoms with E-state index in [1.165, 1.54) is 10.4 Å². The summed E-state index contributed by atoms with van der Waals surface area (Å²) in [6, 6.07) is 8.01. The van der Waals surface area contributed by atoms with Crippen molar-refractivity contribution in [1.82, 2.24) is 4.98 Å². The van der Waals surface area contributed by atoms with Crippen molar-refractivity contribution in [2.24, 2.45) is 0 Å². The zero-order valence-electron chi connectivity index (χ0n) is 9.96. The number of hydrogen-bond donors (Lipinski definition) is 1. The third kappa shape index (κ3) is 2.99. The van der Waals surface area contributed by atoms with Crippen molar-refractivity contribution in [3.05, 3.63) is 45.4 Å². The summed E-state index contributed by atoms with van der Waals surface area (Å²) < 4.78 is 0. The summed E-state index contributed by atoms with van der Waals surface area (Å²) in [6.45, 7) is 2.05. The van der Waals surface area contributed by atoms with Crippen molar-refractivity contribution < 1.29 is 0 Å². The molecule has 0 saturated carbocycles. The zero-order valence-corrected chi connectivity index (χ0v) is 11.5. The van der Waals surface area contributed by atoms with Crippen LogP contribution in [0, 0.1) is 6.92 Å². The Morgan fingerprint density at radius 1 is 1.29 bits per heavy atom. The van der Waals surface area contributed by atoms with Crippen LogP contribution in [0.1, 0.15) is 16.1 Å². The molecule has 1 heterocycles. The summed E-state index contributed by atoms with van der Waals surface area (Å²) in [5.41, 5.74) is 2.32. The zero-order chi connectivity index (χ0) is 12.3. The number of halogens is 1. The van der Waals surface area contributed by atoms with Crippen molar-refractivity contribution >= 4 is 28.1 Å². The SMILES string of the molecule is CNc1nc(C)c(CCc2ccccc2Cl)s1. The molecule has 1 N–H and O–H groups in total. The van der Waals surface area contributed by atoms with Gasteiger partial charge in [-0.3, -0.25) is 0 Å². The van der Waals surface area contributed by atoms with E-state index in [-0.39, 0.29) is 0 Å². The summed E-state index contributed by atoms with van der Waals surface area (Å²) >= 11 is 7.86. The lowest BCUT2D eigenvalue weighted by atomic mass is 10.1. The van der Waals surface area contributed by atoms with Crippen LogP contribution in [0.3, 0.4) is 0 Å². The van der Waals surface area contributed by atoms with E-state index >= 15 is 0 Å². The maximum atomic E-state index is 6.14.